The van der Waals surface area contributed by atoms with E-state index in [0.717, 1.165) is 18.5 Å². The van der Waals surface area contributed by atoms with Gasteiger partial charge in [-0.25, -0.2) is 0 Å². The number of nitrogens with zero attached hydrogens (tertiary/aromatic N) is 2. The number of nitrogens with one attached hydrogen (secondary N) is 1. The second kappa shape index (κ2) is 6.32. The molecule has 0 bridgehead atoms. The Labute approximate surface area is 135 Å². The molecular weight excluding hydrogens is 294 g/mol. The summed E-state index contributed by atoms with van der Waals surface area (Å²) in [5, 5.41) is 17.5. The van der Waals surface area contributed by atoms with E-state index in [4.69, 9.17) is 4.74 Å². The number of phenols is 1. The third-order valence-corrected chi connectivity index (χ3v) is 3.95. The topological polar surface area (TPSA) is 76.4 Å². The summed E-state index contributed by atoms with van der Waals surface area (Å²) in [5.74, 6) is 1.12. The van der Waals surface area contributed by atoms with E-state index < -0.39 is 0 Å². The third kappa shape index (κ3) is 3.31. The average Bonchev–Trinajstić information content (AvgIpc) is 3.29. The molecule has 1 fully saturated rings. The van der Waals surface area contributed by atoms with Gasteiger partial charge in [0.25, 0.3) is 0 Å². The molecule has 122 valence electrons. The number of aromatic nitrogens is 2. The number of rotatable bonds is 6. The van der Waals surface area contributed by atoms with Gasteiger partial charge in [-0.3, -0.25) is 9.48 Å². The van der Waals surface area contributed by atoms with Crippen molar-refractivity contribution in [2.24, 2.45) is 0 Å². The summed E-state index contributed by atoms with van der Waals surface area (Å²) in [4.78, 5) is 11.9. The third-order valence-electron chi connectivity index (χ3n) is 3.95. The quantitative estimate of drug-likeness (QED) is 0.857. The molecule has 3 rings (SSSR count). The van der Waals surface area contributed by atoms with Gasteiger partial charge < -0.3 is 15.2 Å². The first-order valence-corrected chi connectivity index (χ1v) is 7.84. The monoisotopic (exact) mass is 315 g/mol. The van der Waals surface area contributed by atoms with Crippen molar-refractivity contribution in [3.63, 3.8) is 0 Å². The number of ether oxygens (including phenoxy) is 1. The Morgan fingerprint density at radius 2 is 2.22 bits per heavy atom. The number of hydrogen-bond donors (Lipinski definition) is 2. The molecule has 2 N–H and O–H groups in total. The van der Waals surface area contributed by atoms with Gasteiger partial charge in [-0.1, -0.05) is 0 Å². The highest BCUT2D eigenvalue weighted by Gasteiger charge is 2.29. The van der Waals surface area contributed by atoms with Crippen molar-refractivity contribution in [2.75, 3.05) is 13.7 Å². The predicted octanol–water partition coefficient (Wildman–Crippen LogP) is 2.28. The van der Waals surface area contributed by atoms with Gasteiger partial charge in [-0.05, 0) is 38.0 Å². The van der Waals surface area contributed by atoms with Crippen LogP contribution in [-0.4, -0.2) is 34.4 Å². The van der Waals surface area contributed by atoms with Crippen LogP contribution in [0.4, 0.5) is 0 Å². The van der Waals surface area contributed by atoms with Gasteiger partial charge in [0, 0.05) is 29.8 Å². The van der Waals surface area contributed by atoms with Crippen molar-refractivity contribution in [1.29, 1.82) is 0 Å². The highest BCUT2D eigenvalue weighted by molar-refractivity contribution is 5.76. The highest BCUT2D eigenvalue weighted by atomic mass is 16.5. The molecule has 23 heavy (non-hydrogen) atoms. The van der Waals surface area contributed by atoms with Crippen LogP contribution in [0, 0.1) is 0 Å². The summed E-state index contributed by atoms with van der Waals surface area (Å²) in [7, 11) is 1.56. The van der Waals surface area contributed by atoms with Crippen molar-refractivity contribution in [3.05, 3.63) is 30.0 Å². The highest BCUT2D eigenvalue weighted by Crippen LogP contribution is 2.42. The molecule has 0 aliphatic heterocycles. The van der Waals surface area contributed by atoms with Gasteiger partial charge in [-0.2, -0.15) is 5.10 Å². The first-order valence-electron chi connectivity index (χ1n) is 7.84. The zero-order chi connectivity index (χ0) is 16.4. The second-order valence-electron chi connectivity index (χ2n) is 5.72. The maximum atomic E-state index is 11.9. The molecule has 0 atom stereocenters. The molecule has 0 unspecified atom stereocenters. The predicted molar refractivity (Wildman–Crippen MR) is 86.5 cm³/mol. The summed E-state index contributed by atoms with van der Waals surface area (Å²) in [5.41, 5.74) is 2.38. The van der Waals surface area contributed by atoms with Gasteiger partial charge in [0.1, 0.15) is 18.0 Å². The average molecular weight is 315 g/mol. The maximum absolute atomic E-state index is 11.9. The van der Waals surface area contributed by atoms with E-state index in [2.05, 4.69) is 10.4 Å². The fraction of sp³-hybridized carbons (Fsp3) is 0.412. The molecule has 6 nitrogen and oxygen atoms in total. The minimum Gasteiger partial charge on any atom is -0.507 e. The van der Waals surface area contributed by atoms with E-state index in [1.165, 1.54) is 0 Å². The molecule has 0 radical (unpaired) electrons. The maximum Gasteiger partial charge on any atom is 0.241 e. The normalized spacial score (nSPS) is 13.8. The molecule has 0 spiro atoms. The van der Waals surface area contributed by atoms with Crippen molar-refractivity contribution < 1.29 is 14.6 Å². The molecular formula is C17H21N3O3. The van der Waals surface area contributed by atoms with Gasteiger partial charge in [-0.15, -0.1) is 0 Å². The van der Waals surface area contributed by atoms with Crippen LogP contribution in [0.1, 0.15) is 31.4 Å². The first kappa shape index (κ1) is 15.4. The summed E-state index contributed by atoms with van der Waals surface area (Å²) in [6.07, 6.45) is 2.24. The molecule has 1 aliphatic rings. The van der Waals surface area contributed by atoms with Crippen molar-refractivity contribution >= 4 is 5.91 Å². The van der Waals surface area contributed by atoms with Crippen LogP contribution in [0.25, 0.3) is 11.3 Å². The zero-order valence-electron chi connectivity index (χ0n) is 13.4. The molecule has 1 aromatic heterocycles. The zero-order valence-corrected chi connectivity index (χ0v) is 13.4. The van der Waals surface area contributed by atoms with Crippen molar-refractivity contribution in [1.82, 2.24) is 15.1 Å². The van der Waals surface area contributed by atoms with Gasteiger partial charge in [0.2, 0.25) is 5.91 Å². The largest absolute Gasteiger partial charge is 0.507 e. The minimum atomic E-state index is -0.0528. The van der Waals surface area contributed by atoms with E-state index in [1.54, 1.807) is 30.0 Å². The Morgan fingerprint density at radius 1 is 1.43 bits per heavy atom. The first-order chi connectivity index (χ1) is 11.1. The molecule has 6 heteroatoms. The number of benzene rings is 1. The number of carbonyl (C=O) groups excluding carboxylic acids is 1. The van der Waals surface area contributed by atoms with E-state index in [0.29, 0.717) is 29.5 Å². The molecule has 1 aromatic carbocycles. The molecule has 0 saturated heterocycles. The number of likely N-dealkylation sites (N-methyl/N-ethyl adjacent to an activating group) is 1. The van der Waals surface area contributed by atoms with Crippen LogP contribution < -0.4 is 10.1 Å². The molecule has 1 saturated carbocycles. The number of hydrogen-bond acceptors (Lipinski definition) is 4. The van der Waals surface area contributed by atoms with Gasteiger partial charge >= 0.3 is 0 Å². The van der Waals surface area contributed by atoms with Crippen LogP contribution in [0.5, 0.6) is 11.5 Å². The Kier molecular flexibility index (Phi) is 4.23. The molecule has 1 amide bonds. The lowest BCUT2D eigenvalue weighted by Crippen LogP contribution is -2.28. The Hall–Kier alpha value is -2.50. The number of aromatic hydroxyl groups is 1. The molecule has 1 aliphatic carbocycles. The van der Waals surface area contributed by atoms with Gasteiger partial charge in [0.05, 0.1) is 12.8 Å². The number of amides is 1. The summed E-state index contributed by atoms with van der Waals surface area (Å²) in [6, 6.07) is 7.10. The van der Waals surface area contributed by atoms with E-state index >= 15 is 0 Å². The lowest BCUT2D eigenvalue weighted by Gasteiger charge is -2.06. The van der Waals surface area contributed by atoms with Crippen LogP contribution >= 0.6 is 0 Å². The smallest absolute Gasteiger partial charge is 0.241 e. The number of carbonyl (C=O) groups is 1. The number of methoxy groups -OCH3 is 1. The van der Waals surface area contributed by atoms with Gasteiger partial charge in [0.15, 0.2) is 0 Å². The summed E-state index contributed by atoms with van der Waals surface area (Å²) < 4.78 is 6.86. The second-order valence-corrected chi connectivity index (χ2v) is 5.72. The van der Waals surface area contributed by atoms with Crippen molar-refractivity contribution in [3.8, 4) is 22.8 Å². The minimum absolute atomic E-state index is 0.0528. The number of phenolic OH excluding ortho intramolecular Hbond substituents is 1. The lowest BCUT2D eigenvalue weighted by molar-refractivity contribution is -0.121. The SMILES string of the molecule is CCNC(=O)Cn1nc(-c2ccc(OC)cc2O)cc1C1CC1. The fourth-order valence-corrected chi connectivity index (χ4v) is 2.64. The van der Waals surface area contributed by atoms with E-state index in [9.17, 15) is 9.90 Å². The summed E-state index contributed by atoms with van der Waals surface area (Å²) >= 11 is 0. The van der Waals surface area contributed by atoms with Crippen LogP contribution in [0.15, 0.2) is 24.3 Å². The Balaban J connectivity index is 1.92. The standard InChI is InChI=1S/C17H21N3O3/c1-3-18-17(22)10-20-15(11-4-5-11)9-14(19-20)13-7-6-12(23-2)8-16(13)21/h6-9,11,21H,3-5,10H2,1-2H3,(H,18,22). The molecule has 1 heterocycles. The van der Waals surface area contributed by atoms with Crippen LogP contribution in [0.3, 0.4) is 0 Å². The van der Waals surface area contributed by atoms with E-state index in [-0.39, 0.29) is 18.2 Å². The van der Waals surface area contributed by atoms with Crippen LogP contribution in [-0.2, 0) is 11.3 Å². The Bertz CT molecular complexity index is 720. The molecule has 2 aromatic rings. The lowest BCUT2D eigenvalue weighted by atomic mass is 10.1. The van der Waals surface area contributed by atoms with Crippen LogP contribution in [0.2, 0.25) is 0 Å². The Morgan fingerprint density at radius 3 is 2.83 bits per heavy atom. The van der Waals surface area contributed by atoms with Crippen molar-refractivity contribution in [2.45, 2.75) is 32.2 Å². The fourth-order valence-electron chi connectivity index (χ4n) is 2.64. The summed E-state index contributed by atoms with van der Waals surface area (Å²) in [6.45, 7) is 2.70. The van der Waals surface area contributed by atoms with E-state index in [1.807, 2.05) is 13.0 Å².